The molecule has 6 nitrogen and oxygen atoms in total. The molecule has 0 aliphatic heterocycles. The van der Waals surface area contributed by atoms with Crippen molar-refractivity contribution in [3.63, 3.8) is 0 Å². The second-order valence-corrected chi connectivity index (χ2v) is 6.25. The Morgan fingerprint density at radius 3 is 2.33 bits per heavy atom. The van der Waals surface area contributed by atoms with Crippen LogP contribution in [0, 0.1) is 13.8 Å². The van der Waals surface area contributed by atoms with E-state index in [0.29, 0.717) is 25.3 Å². The van der Waals surface area contributed by atoms with Crippen LogP contribution in [0.3, 0.4) is 0 Å². The zero-order chi connectivity index (χ0) is 18.1. The molecule has 0 heterocycles. The summed E-state index contributed by atoms with van der Waals surface area (Å²) in [5, 5.41) is 14.9. The van der Waals surface area contributed by atoms with E-state index in [1.165, 1.54) is 0 Å². The van der Waals surface area contributed by atoms with Crippen molar-refractivity contribution in [2.45, 2.75) is 52.7 Å². The average molecular weight is 336 g/mol. The number of carboxylic acid groups (broad SMARTS) is 1. The number of hydrogen-bond donors (Lipinski definition) is 3. The van der Waals surface area contributed by atoms with Gasteiger partial charge in [-0.2, -0.15) is 0 Å². The van der Waals surface area contributed by atoms with E-state index in [0.717, 1.165) is 11.1 Å². The fourth-order valence-corrected chi connectivity index (χ4v) is 2.36. The smallest absolute Gasteiger partial charge is 0.321 e. The van der Waals surface area contributed by atoms with Gasteiger partial charge in [-0.15, -0.1) is 0 Å². The Kier molecular flexibility index (Phi) is 8.43. The van der Waals surface area contributed by atoms with Gasteiger partial charge in [0.25, 0.3) is 0 Å². The lowest BCUT2D eigenvalue weighted by Crippen LogP contribution is -2.40. The zero-order valence-electron chi connectivity index (χ0n) is 14.9. The summed E-state index contributed by atoms with van der Waals surface area (Å²) in [5.74, 6) is -1.35. The van der Waals surface area contributed by atoms with Crippen LogP contribution in [-0.2, 0) is 14.3 Å². The molecule has 1 unspecified atom stereocenters. The second-order valence-electron chi connectivity index (χ2n) is 6.25. The van der Waals surface area contributed by atoms with E-state index >= 15 is 0 Å². The molecule has 0 fully saturated rings. The first-order chi connectivity index (χ1) is 11.3. The van der Waals surface area contributed by atoms with Gasteiger partial charge in [0.15, 0.2) is 0 Å². The molecule has 24 heavy (non-hydrogen) atoms. The first-order valence-corrected chi connectivity index (χ1v) is 8.24. The number of ether oxygens (including phenoxy) is 1. The molecule has 134 valence electrons. The molecule has 1 amide bonds. The molecule has 0 aliphatic carbocycles. The van der Waals surface area contributed by atoms with Crippen LogP contribution in [0.1, 0.15) is 37.8 Å². The van der Waals surface area contributed by atoms with Gasteiger partial charge >= 0.3 is 5.97 Å². The number of aryl methyl sites for hydroxylation is 2. The number of anilines is 1. The second kappa shape index (κ2) is 10.1. The maximum absolute atomic E-state index is 12.1. The highest BCUT2D eigenvalue weighted by molar-refractivity contribution is 5.94. The van der Waals surface area contributed by atoms with Gasteiger partial charge in [-0.05, 0) is 63.9 Å². The number of carbonyl (C=O) groups is 2. The van der Waals surface area contributed by atoms with Crippen LogP contribution >= 0.6 is 0 Å². The summed E-state index contributed by atoms with van der Waals surface area (Å²) in [6.07, 6.45) is 0.734. The Bertz CT molecular complexity index is 538. The summed E-state index contributed by atoms with van der Waals surface area (Å²) < 4.78 is 5.40. The van der Waals surface area contributed by atoms with E-state index in [1.807, 2.05) is 45.9 Å². The number of hydrogen-bond acceptors (Lipinski definition) is 4. The lowest BCUT2D eigenvalue weighted by Gasteiger charge is -2.15. The number of benzene rings is 1. The first-order valence-electron chi connectivity index (χ1n) is 8.24. The Morgan fingerprint density at radius 1 is 1.17 bits per heavy atom. The minimum absolute atomic E-state index is 0.118. The number of aliphatic carboxylic acids is 1. The van der Waals surface area contributed by atoms with E-state index in [2.05, 4.69) is 10.6 Å². The molecular weight excluding hydrogens is 308 g/mol. The van der Waals surface area contributed by atoms with Gasteiger partial charge in [-0.25, -0.2) is 0 Å². The summed E-state index contributed by atoms with van der Waals surface area (Å²) in [6.45, 7) is 8.84. The van der Waals surface area contributed by atoms with Gasteiger partial charge in [0, 0.05) is 12.3 Å². The minimum atomic E-state index is -1.03. The summed E-state index contributed by atoms with van der Waals surface area (Å²) in [7, 11) is 0. The predicted molar refractivity (Wildman–Crippen MR) is 94.3 cm³/mol. The summed E-state index contributed by atoms with van der Waals surface area (Å²) in [5.41, 5.74) is 2.78. The molecule has 1 atom stereocenters. The molecule has 0 aromatic heterocycles. The summed E-state index contributed by atoms with van der Waals surface area (Å²) >= 11 is 0. The zero-order valence-corrected chi connectivity index (χ0v) is 14.9. The van der Waals surface area contributed by atoms with Crippen molar-refractivity contribution in [1.82, 2.24) is 5.32 Å². The number of carbonyl (C=O) groups excluding carboxylic acids is 1. The molecule has 1 rings (SSSR count). The molecule has 1 aromatic carbocycles. The Balaban J connectivity index is 2.46. The van der Waals surface area contributed by atoms with Crippen molar-refractivity contribution in [3.05, 3.63) is 29.3 Å². The molecule has 0 saturated heterocycles. The molecule has 0 saturated carbocycles. The average Bonchev–Trinajstić information content (AvgIpc) is 2.43. The fourth-order valence-electron chi connectivity index (χ4n) is 2.36. The first kappa shape index (κ1) is 20.1. The number of amides is 1. The largest absolute Gasteiger partial charge is 0.480 e. The van der Waals surface area contributed by atoms with Gasteiger partial charge in [0.2, 0.25) is 5.91 Å². The van der Waals surface area contributed by atoms with Gasteiger partial charge in [0.1, 0.15) is 6.04 Å². The molecule has 0 aliphatic rings. The third-order valence-electron chi connectivity index (χ3n) is 3.36. The summed E-state index contributed by atoms with van der Waals surface area (Å²) in [4.78, 5) is 23.4. The molecular formula is C18H28N2O4. The Morgan fingerprint density at radius 2 is 1.79 bits per heavy atom. The highest BCUT2D eigenvalue weighted by atomic mass is 16.5. The van der Waals surface area contributed by atoms with Crippen molar-refractivity contribution in [3.8, 4) is 0 Å². The quantitative estimate of drug-likeness (QED) is 0.571. The van der Waals surface area contributed by atoms with E-state index < -0.39 is 12.0 Å². The van der Waals surface area contributed by atoms with Crippen LogP contribution in [-0.4, -0.2) is 42.3 Å². The van der Waals surface area contributed by atoms with Crippen LogP contribution in [0.5, 0.6) is 0 Å². The van der Waals surface area contributed by atoms with E-state index in [1.54, 1.807) is 0 Å². The standard InChI is InChI=1S/C18H28N2O4/c1-12(2)24-7-5-6-19-16(18(22)23)11-17(21)20-15-9-13(3)8-14(4)10-15/h8-10,12,16,19H,5-7,11H2,1-4H3,(H,20,21)(H,22,23). The van der Waals surface area contributed by atoms with Crippen LogP contribution < -0.4 is 10.6 Å². The lowest BCUT2D eigenvalue weighted by atomic mass is 10.1. The van der Waals surface area contributed by atoms with Crippen LogP contribution in [0.25, 0.3) is 0 Å². The van der Waals surface area contributed by atoms with Crippen molar-refractivity contribution in [2.75, 3.05) is 18.5 Å². The highest BCUT2D eigenvalue weighted by Gasteiger charge is 2.20. The van der Waals surface area contributed by atoms with Crippen molar-refractivity contribution in [1.29, 1.82) is 0 Å². The Labute approximate surface area is 143 Å². The van der Waals surface area contributed by atoms with Gasteiger partial charge in [0.05, 0.1) is 12.5 Å². The van der Waals surface area contributed by atoms with E-state index in [-0.39, 0.29) is 18.4 Å². The van der Waals surface area contributed by atoms with Crippen molar-refractivity contribution < 1.29 is 19.4 Å². The monoisotopic (exact) mass is 336 g/mol. The van der Waals surface area contributed by atoms with Crippen LogP contribution in [0.4, 0.5) is 5.69 Å². The maximum Gasteiger partial charge on any atom is 0.321 e. The third-order valence-corrected chi connectivity index (χ3v) is 3.36. The molecule has 6 heteroatoms. The van der Waals surface area contributed by atoms with Gasteiger partial charge in [-0.1, -0.05) is 6.07 Å². The number of rotatable bonds is 10. The topological polar surface area (TPSA) is 87.7 Å². The van der Waals surface area contributed by atoms with E-state index in [9.17, 15) is 14.7 Å². The lowest BCUT2D eigenvalue weighted by molar-refractivity contribution is -0.141. The SMILES string of the molecule is Cc1cc(C)cc(NC(=O)CC(NCCCOC(C)C)C(=O)O)c1. The Hall–Kier alpha value is -1.92. The van der Waals surface area contributed by atoms with Crippen LogP contribution in [0.15, 0.2) is 18.2 Å². The predicted octanol–water partition coefficient (Wildman–Crippen LogP) is 2.49. The highest BCUT2D eigenvalue weighted by Crippen LogP contribution is 2.14. The molecule has 0 radical (unpaired) electrons. The molecule has 0 spiro atoms. The molecule has 0 bridgehead atoms. The minimum Gasteiger partial charge on any atom is -0.480 e. The van der Waals surface area contributed by atoms with Gasteiger partial charge < -0.3 is 20.5 Å². The molecule has 3 N–H and O–H groups in total. The van der Waals surface area contributed by atoms with Crippen LogP contribution in [0.2, 0.25) is 0 Å². The van der Waals surface area contributed by atoms with Gasteiger partial charge in [-0.3, -0.25) is 9.59 Å². The fraction of sp³-hybridized carbons (Fsp3) is 0.556. The number of nitrogens with one attached hydrogen (secondary N) is 2. The van der Waals surface area contributed by atoms with Crippen molar-refractivity contribution in [2.24, 2.45) is 0 Å². The number of carboxylic acids is 1. The molecule has 1 aromatic rings. The maximum atomic E-state index is 12.1. The van der Waals surface area contributed by atoms with Crippen molar-refractivity contribution >= 4 is 17.6 Å². The normalized spacial score (nSPS) is 12.2. The third kappa shape index (κ3) is 8.08. The van der Waals surface area contributed by atoms with E-state index in [4.69, 9.17) is 4.74 Å². The summed E-state index contributed by atoms with van der Waals surface area (Å²) in [6, 6.07) is 4.82.